The first-order chi connectivity index (χ1) is 16.2. The number of aromatic amines is 1. The lowest BCUT2D eigenvalue weighted by Gasteiger charge is -2.44. The maximum absolute atomic E-state index is 15.4. The van der Waals surface area contributed by atoms with Crippen molar-refractivity contribution in [3.63, 3.8) is 0 Å². The van der Waals surface area contributed by atoms with Gasteiger partial charge in [0.05, 0.1) is 29.5 Å². The topological polar surface area (TPSA) is 63.6 Å². The quantitative estimate of drug-likeness (QED) is 0.390. The molecule has 0 bridgehead atoms. The molecular formula is C24H17F5N4O. The Hall–Kier alpha value is -3.56. The van der Waals surface area contributed by atoms with Gasteiger partial charge in [-0.25, -0.2) is 13.8 Å². The summed E-state index contributed by atoms with van der Waals surface area (Å²) in [6.45, 7) is 0. The van der Waals surface area contributed by atoms with Crippen LogP contribution in [0, 0.1) is 23.5 Å². The summed E-state index contributed by atoms with van der Waals surface area (Å²) in [4.78, 5) is 20.3. The molecule has 2 saturated carbocycles. The van der Waals surface area contributed by atoms with Crippen LogP contribution in [0.1, 0.15) is 35.8 Å². The van der Waals surface area contributed by atoms with Crippen molar-refractivity contribution in [3.8, 4) is 11.1 Å². The molecule has 1 N–H and O–H groups in total. The maximum atomic E-state index is 15.4. The molecule has 0 spiro atoms. The first-order valence-corrected chi connectivity index (χ1v) is 10.8. The summed E-state index contributed by atoms with van der Waals surface area (Å²) in [6.07, 6.45) is 0.0384. The summed E-state index contributed by atoms with van der Waals surface area (Å²) in [7, 11) is 0. The predicted molar refractivity (Wildman–Crippen MR) is 112 cm³/mol. The van der Waals surface area contributed by atoms with Gasteiger partial charge in [0.1, 0.15) is 17.4 Å². The molecule has 6 rings (SSSR count). The van der Waals surface area contributed by atoms with Gasteiger partial charge >= 0.3 is 6.30 Å². The average Bonchev–Trinajstić information content (AvgIpc) is 3.26. The minimum absolute atomic E-state index is 0.0410. The van der Waals surface area contributed by atoms with Gasteiger partial charge in [-0.2, -0.15) is 9.78 Å². The summed E-state index contributed by atoms with van der Waals surface area (Å²) >= 11 is 0. The van der Waals surface area contributed by atoms with Gasteiger partial charge in [-0.15, -0.1) is 13.2 Å². The summed E-state index contributed by atoms with van der Waals surface area (Å²) < 4.78 is 69.1. The Balaban J connectivity index is 1.41. The minimum Gasteiger partial charge on any atom is -0.345 e. The van der Waals surface area contributed by atoms with Crippen molar-refractivity contribution in [1.82, 2.24) is 19.7 Å². The first-order valence-electron chi connectivity index (χ1n) is 10.8. The van der Waals surface area contributed by atoms with Crippen LogP contribution in [0.4, 0.5) is 22.0 Å². The number of alkyl halides is 3. The molecule has 2 aliphatic rings. The van der Waals surface area contributed by atoms with E-state index in [2.05, 4.69) is 15.1 Å². The molecule has 2 aromatic heterocycles. The number of Topliss-reactive ketones (excluding diaryl/α,β-unsaturated/α-hetero) is 1. The number of fused-ring (bicyclic) bond motifs is 1. The largest absolute Gasteiger partial charge is 0.504 e. The summed E-state index contributed by atoms with van der Waals surface area (Å²) in [6, 6.07) is 7.30. The Morgan fingerprint density at radius 3 is 2.38 bits per heavy atom. The van der Waals surface area contributed by atoms with Gasteiger partial charge in [0.15, 0.2) is 0 Å². The highest BCUT2D eigenvalue weighted by Gasteiger charge is 2.57. The van der Waals surface area contributed by atoms with E-state index >= 15 is 8.78 Å². The second kappa shape index (κ2) is 7.22. The van der Waals surface area contributed by atoms with Crippen molar-refractivity contribution in [1.29, 1.82) is 0 Å². The number of hydrogen-bond donors (Lipinski definition) is 1. The van der Waals surface area contributed by atoms with Crippen molar-refractivity contribution in [2.24, 2.45) is 11.8 Å². The number of aromatic nitrogens is 4. The number of nitrogens with one attached hydrogen (secondary N) is 1. The maximum Gasteiger partial charge on any atom is 0.504 e. The van der Waals surface area contributed by atoms with Crippen LogP contribution < -0.4 is 0 Å². The van der Waals surface area contributed by atoms with Crippen molar-refractivity contribution in [2.75, 3.05) is 0 Å². The Morgan fingerprint density at radius 2 is 1.74 bits per heavy atom. The van der Waals surface area contributed by atoms with E-state index in [0.29, 0.717) is 17.3 Å². The van der Waals surface area contributed by atoms with E-state index < -0.39 is 35.7 Å². The lowest BCUT2D eigenvalue weighted by molar-refractivity contribution is -0.212. The SMILES string of the molecule is O=C1C(c2ccc3nc[nH]c3c2)[C@@H](c2c(F)cc(-c3cnn(C(F)(F)F)c3)cc2F)[C@H]1C1CC1. The van der Waals surface area contributed by atoms with Gasteiger partial charge in [0.25, 0.3) is 0 Å². The average molecular weight is 472 g/mol. The van der Waals surface area contributed by atoms with E-state index in [1.54, 1.807) is 18.2 Å². The molecule has 174 valence electrons. The molecule has 2 heterocycles. The van der Waals surface area contributed by atoms with E-state index in [1.165, 1.54) is 6.33 Å². The summed E-state index contributed by atoms with van der Waals surface area (Å²) in [5, 5.41) is 3.23. The van der Waals surface area contributed by atoms with Crippen LogP contribution in [-0.4, -0.2) is 25.5 Å². The van der Waals surface area contributed by atoms with Crippen molar-refractivity contribution >= 4 is 16.8 Å². The fraction of sp³-hybridized carbons (Fsp3) is 0.292. The van der Waals surface area contributed by atoms with Crippen LogP contribution in [0.3, 0.4) is 0 Å². The molecule has 3 atom stereocenters. The first kappa shape index (κ1) is 21.0. The molecule has 0 amide bonds. The fourth-order valence-electron chi connectivity index (χ4n) is 5.18. The summed E-state index contributed by atoms with van der Waals surface area (Å²) in [5.74, 6) is -3.59. The highest BCUT2D eigenvalue weighted by molar-refractivity contribution is 5.98. The second-order valence-electron chi connectivity index (χ2n) is 8.94. The number of benzene rings is 2. The molecule has 2 aromatic carbocycles. The third kappa shape index (κ3) is 3.23. The minimum atomic E-state index is -4.73. The number of carbonyl (C=O) groups is 1. The number of H-pyrrole nitrogens is 1. The van der Waals surface area contributed by atoms with Gasteiger partial charge in [0, 0.05) is 29.2 Å². The monoisotopic (exact) mass is 472 g/mol. The number of halogens is 5. The van der Waals surface area contributed by atoms with Crippen molar-refractivity contribution in [2.45, 2.75) is 31.0 Å². The second-order valence-corrected chi connectivity index (χ2v) is 8.94. The van der Waals surface area contributed by atoms with Crippen molar-refractivity contribution < 1.29 is 26.7 Å². The zero-order valence-electron chi connectivity index (χ0n) is 17.5. The van der Waals surface area contributed by atoms with Crippen LogP contribution in [0.15, 0.2) is 49.1 Å². The Kier molecular flexibility index (Phi) is 4.46. The van der Waals surface area contributed by atoms with Crippen LogP contribution in [-0.2, 0) is 11.1 Å². The molecule has 0 aliphatic heterocycles. The van der Waals surface area contributed by atoms with E-state index in [-0.39, 0.29) is 33.1 Å². The standard InChI is InChI=1S/C24H17F5N4O/c25-15-5-13(14-8-32-33(9-14)24(27,28)29)6-16(26)21(15)22-19(11-1-2-11)23(34)20(22)12-3-4-17-18(7-12)31-10-30-17/h3-11,19-20,22H,1-2H2,(H,30,31)/t19-,20?,22+/m1/s1. The van der Waals surface area contributed by atoms with Gasteiger partial charge in [0.2, 0.25) is 0 Å². The lowest BCUT2D eigenvalue weighted by Crippen LogP contribution is -2.46. The van der Waals surface area contributed by atoms with E-state index in [9.17, 15) is 18.0 Å². The van der Waals surface area contributed by atoms with E-state index in [0.717, 1.165) is 36.7 Å². The number of ketones is 1. The van der Waals surface area contributed by atoms with Gasteiger partial charge in [-0.05, 0) is 54.2 Å². The molecular weight excluding hydrogens is 455 g/mol. The van der Waals surface area contributed by atoms with Crippen LogP contribution >= 0.6 is 0 Å². The molecule has 10 heteroatoms. The molecule has 1 unspecified atom stereocenters. The third-order valence-electron chi connectivity index (χ3n) is 6.90. The number of hydrogen-bond acceptors (Lipinski definition) is 3. The molecule has 2 aliphatic carbocycles. The Bertz CT molecular complexity index is 1410. The zero-order chi connectivity index (χ0) is 23.8. The van der Waals surface area contributed by atoms with E-state index in [4.69, 9.17) is 0 Å². The molecule has 5 nitrogen and oxygen atoms in total. The summed E-state index contributed by atoms with van der Waals surface area (Å²) in [5.41, 5.74) is 1.77. The zero-order valence-corrected chi connectivity index (χ0v) is 17.5. The number of rotatable bonds is 4. The van der Waals surface area contributed by atoms with Gasteiger partial charge < -0.3 is 4.98 Å². The fourth-order valence-corrected chi connectivity index (χ4v) is 5.18. The molecule has 0 radical (unpaired) electrons. The van der Waals surface area contributed by atoms with Gasteiger partial charge in [-0.3, -0.25) is 4.79 Å². The third-order valence-corrected chi connectivity index (χ3v) is 6.90. The normalized spacial score (nSPS) is 22.9. The number of imidazole rings is 1. The molecule has 2 fully saturated rings. The highest BCUT2D eigenvalue weighted by atomic mass is 19.4. The number of nitrogens with zero attached hydrogens (tertiary/aromatic N) is 3. The van der Waals surface area contributed by atoms with Gasteiger partial charge in [-0.1, -0.05) is 6.07 Å². The van der Waals surface area contributed by atoms with Crippen LogP contribution in [0.5, 0.6) is 0 Å². The van der Waals surface area contributed by atoms with Crippen LogP contribution in [0.25, 0.3) is 22.2 Å². The molecule has 4 aromatic rings. The highest BCUT2D eigenvalue weighted by Crippen LogP contribution is 2.59. The molecule has 0 saturated heterocycles. The van der Waals surface area contributed by atoms with E-state index in [1.807, 2.05) is 0 Å². The Labute approximate surface area is 189 Å². The smallest absolute Gasteiger partial charge is 0.345 e. The Morgan fingerprint density at radius 1 is 1.00 bits per heavy atom. The number of carbonyl (C=O) groups excluding carboxylic acids is 1. The predicted octanol–water partition coefficient (Wildman–Crippen LogP) is 5.66. The van der Waals surface area contributed by atoms with Crippen LogP contribution in [0.2, 0.25) is 0 Å². The van der Waals surface area contributed by atoms with Crippen molar-refractivity contribution in [3.05, 3.63) is 71.8 Å². The lowest BCUT2D eigenvalue weighted by atomic mass is 9.56. The molecule has 34 heavy (non-hydrogen) atoms.